The van der Waals surface area contributed by atoms with E-state index in [2.05, 4.69) is 68.4 Å². The lowest BCUT2D eigenvalue weighted by Gasteiger charge is -2.46. The Bertz CT molecular complexity index is 388. The van der Waals surface area contributed by atoms with E-state index in [4.69, 9.17) is 0 Å². The van der Waals surface area contributed by atoms with E-state index in [1.54, 1.807) is 0 Å². The lowest BCUT2D eigenvalue weighted by molar-refractivity contribution is 0.145. The zero-order valence-electron chi connectivity index (χ0n) is 12.4. The van der Waals surface area contributed by atoms with Crippen molar-refractivity contribution in [2.24, 2.45) is 7.05 Å². The number of aryl methyl sites for hydroxylation is 1. The van der Waals surface area contributed by atoms with E-state index in [1.807, 2.05) is 0 Å². The molecular formula is C15H27N3. The van der Waals surface area contributed by atoms with Crippen LogP contribution in [0.2, 0.25) is 0 Å². The highest BCUT2D eigenvalue weighted by Gasteiger charge is 2.37. The molecule has 1 aliphatic heterocycles. The van der Waals surface area contributed by atoms with Gasteiger partial charge >= 0.3 is 0 Å². The van der Waals surface area contributed by atoms with Crippen LogP contribution in [0.3, 0.4) is 0 Å². The van der Waals surface area contributed by atoms with E-state index in [0.29, 0.717) is 6.04 Å². The number of nitrogens with one attached hydrogen (secondary N) is 2. The Morgan fingerprint density at radius 1 is 1.28 bits per heavy atom. The molecule has 0 amide bonds. The quantitative estimate of drug-likeness (QED) is 0.861. The first-order valence-electron chi connectivity index (χ1n) is 6.89. The Balaban J connectivity index is 1.93. The summed E-state index contributed by atoms with van der Waals surface area (Å²) in [5, 5.41) is 7.43. The molecule has 1 fully saturated rings. The highest BCUT2D eigenvalue weighted by Crippen LogP contribution is 2.28. The van der Waals surface area contributed by atoms with Crippen molar-refractivity contribution in [1.29, 1.82) is 0 Å². The summed E-state index contributed by atoms with van der Waals surface area (Å²) in [6.07, 6.45) is 6.66. The van der Waals surface area contributed by atoms with Crippen molar-refractivity contribution < 1.29 is 0 Å². The van der Waals surface area contributed by atoms with Crippen LogP contribution in [0.5, 0.6) is 0 Å². The molecule has 102 valence electrons. The predicted molar refractivity (Wildman–Crippen MR) is 76.6 cm³/mol. The Labute approximate surface area is 111 Å². The molecule has 2 N–H and O–H groups in total. The second-order valence-corrected chi connectivity index (χ2v) is 7.06. The van der Waals surface area contributed by atoms with Gasteiger partial charge in [-0.2, -0.15) is 0 Å². The van der Waals surface area contributed by atoms with Gasteiger partial charge in [-0.3, -0.25) is 0 Å². The fraction of sp³-hybridized carbons (Fsp3) is 0.733. The first-order chi connectivity index (χ1) is 8.26. The number of piperidine rings is 1. The molecule has 0 unspecified atom stereocenters. The predicted octanol–water partition coefficient (Wildman–Crippen LogP) is 2.42. The highest BCUT2D eigenvalue weighted by molar-refractivity contribution is 5.10. The Morgan fingerprint density at radius 3 is 2.39 bits per heavy atom. The number of nitrogens with zero attached hydrogens (tertiary/aromatic N) is 1. The fourth-order valence-corrected chi connectivity index (χ4v) is 3.39. The second-order valence-electron chi connectivity index (χ2n) is 7.06. The topological polar surface area (TPSA) is 29.0 Å². The molecular weight excluding hydrogens is 222 g/mol. The minimum atomic E-state index is 0.218. The van der Waals surface area contributed by atoms with Crippen molar-refractivity contribution in [1.82, 2.24) is 15.2 Å². The lowest BCUT2D eigenvalue weighted by Crippen LogP contribution is -2.61. The molecule has 2 heterocycles. The molecule has 3 heteroatoms. The monoisotopic (exact) mass is 249 g/mol. The minimum Gasteiger partial charge on any atom is -0.357 e. The molecule has 0 atom stereocenters. The summed E-state index contributed by atoms with van der Waals surface area (Å²) in [6, 6.07) is 2.78. The van der Waals surface area contributed by atoms with Gasteiger partial charge in [0.15, 0.2) is 0 Å². The number of hydrogen-bond acceptors (Lipinski definition) is 2. The van der Waals surface area contributed by atoms with E-state index >= 15 is 0 Å². The van der Waals surface area contributed by atoms with Gasteiger partial charge in [0, 0.05) is 43.1 Å². The summed E-state index contributed by atoms with van der Waals surface area (Å²) in [7, 11) is 2.07. The molecule has 1 aromatic rings. The van der Waals surface area contributed by atoms with E-state index in [9.17, 15) is 0 Å². The zero-order chi connectivity index (χ0) is 13.4. The maximum absolute atomic E-state index is 3.72. The van der Waals surface area contributed by atoms with Crippen molar-refractivity contribution in [3.63, 3.8) is 0 Å². The van der Waals surface area contributed by atoms with Crippen LogP contribution in [-0.4, -0.2) is 21.7 Å². The summed E-state index contributed by atoms with van der Waals surface area (Å²) < 4.78 is 2.10. The van der Waals surface area contributed by atoms with Gasteiger partial charge in [-0.15, -0.1) is 0 Å². The SMILES string of the molecule is Cn1ccc(CNC2CC(C)(C)NC(C)(C)C2)c1. The fourth-order valence-electron chi connectivity index (χ4n) is 3.39. The molecule has 3 nitrogen and oxygen atoms in total. The lowest BCUT2D eigenvalue weighted by atomic mass is 9.79. The second kappa shape index (κ2) is 4.71. The molecule has 0 bridgehead atoms. The van der Waals surface area contributed by atoms with Crippen LogP contribution in [0.15, 0.2) is 18.5 Å². The van der Waals surface area contributed by atoms with Crippen LogP contribution < -0.4 is 10.6 Å². The van der Waals surface area contributed by atoms with Gasteiger partial charge in [-0.1, -0.05) is 0 Å². The van der Waals surface area contributed by atoms with Crippen LogP contribution in [0.25, 0.3) is 0 Å². The van der Waals surface area contributed by atoms with Gasteiger partial charge in [0.05, 0.1) is 0 Å². The van der Waals surface area contributed by atoms with Crippen LogP contribution >= 0.6 is 0 Å². The van der Waals surface area contributed by atoms with Crippen molar-refractivity contribution in [2.75, 3.05) is 0 Å². The molecule has 18 heavy (non-hydrogen) atoms. The molecule has 0 aromatic carbocycles. The molecule has 0 radical (unpaired) electrons. The number of aromatic nitrogens is 1. The molecule has 2 rings (SSSR count). The maximum atomic E-state index is 3.72. The van der Waals surface area contributed by atoms with Gasteiger partial charge in [-0.25, -0.2) is 0 Å². The van der Waals surface area contributed by atoms with Gasteiger partial charge < -0.3 is 15.2 Å². The standard InChI is InChI=1S/C15H27N3/c1-14(2)8-13(9-15(3,4)17-14)16-10-12-6-7-18(5)11-12/h6-7,11,13,16-17H,8-10H2,1-5H3. The largest absolute Gasteiger partial charge is 0.357 e. The number of hydrogen-bond donors (Lipinski definition) is 2. The smallest absolute Gasteiger partial charge is 0.0223 e. The third-order valence-electron chi connectivity index (χ3n) is 3.68. The van der Waals surface area contributed by atoms with E-state index in [-0.39, 0.29) is 11.1 Å². The summed E-state index contributed by atoms with van der Waals surface area (Å²) in [5.74, 6) is 0. The van der Waals surface area contributed by atoms with Crippen molar-refractivity contribution in [3.8, 4) is 0 Å². The maximum Gasteiger partial charge on any atom is 0.0223 e. The van der Waals surface area contributed by atoms with Gasteiger partial charge in [0.2, 0.25) is 0 Å². The Hall–Kier alpha value is -0.800. The third kappa shape index (κ3) is 3.59. The van der Waals surface area contributed by atoms with Crippen molar-refractivity contribution >= 4 is 0 Å². The molecule has 0 aliphatic carbocycles. The van der Waals surface area contributed by atoms with E-state index in [0.717, 1.165) is 6.54 Å². The Kier molecular flexibility index (Phi) is 3.56. The molecule has 1 aromatic heterocycles. The average Bonchev–Trinajstić information content (AvgIpc) is 2.56. The number of rotatable bonds is 3. The molecule has 0 spiro atoms. The molecule has 1 saturated heterocycles. The summed E-state index contributed by atoms with van der Waals surface area (Å²) in [4.78, 5) is 0. The zero-order valence-corrected chi connectivity index (χ0v) is 12.4. The summed E-state index contributed by atoms with van der Waals surface area (Å²) in [6.45, 7) is 10.2. The normalized spacial score (nSPS) is 23.2. The summed E-state index contributed by atoms with van der Waals surface area (Å²) >= 11 is 0. The van der Waals surface area contributed by atoms with Crippen LogP contribution in [0.4, 0.5) is 0 Å². The van der Waals surface area contributed by atoms with Crippen LogP contribution in [0.1, 0.15) is 46.1 Å². The Morgan fingerprint density at radius 2 is 1.89 bits per heavy atom. The third-order valence-corrected chi connectivity index (χ3v) is 3.68. The minimum absolute atomic E-state index is 0.218. The van der Waals surface area contributed by atoms with Crippen molar-refractivity contribution in [3.05, 3.63) is 24.0 Å². The van der Waals surface area contributed by atoms with E-state index in [1.165, 1.54) is 18.4 Å². The van der Waals surface area contributed by atoms with Crippen LogP contribution in [0, 0.1) is 0 Å². The van der Waals surface area contributed by atoms with Crippen LogP contribution in [-0.2, 0) is 13.6 Å². The first kappa shape index (κ1) is 13.6. The van der Waals surface area contributed by atoms with Crippen molar-refractivity contribution in [2.45, 2.75) is 64.2 Å². The molecule has 0 saturated carbocycles. The molecule has 1 aliphatic rings. The van der Waals surface area contributed by atoms with Gasteiger partial charge in [0.25, 0.3) is 0 Å². The first-order valence-corrected chi connectivity index (χ1v) is 6.89. The van der Waals surface area contributed by atoms with Gasteiger partial charge in [0.1, 0.15) is 0 Å². The average molecular weight is 249 g/mol. The summed E-state index contributed by atoms with van der Waals surface area (Å²) in [5.41, 5.74) is 1.80. The van der Waals surface area contributed by atoms with E-state index < -0.39 is 0 Å². The highest BCUT2D eigenvalue weighted by atomic mass is 15.1. The van der Waals surface area contributed by atoms with Gasteiger partial charge in [-0.05, 0) is 52.2 Å².